The van der Waals surface area contributed by atoms with E-state index >= 15 is 0 Å². The number of rotatable bonds is 5. The van der Waals surface area contributed by atoms with Crippen LogP contribution in [0.25, 0.3) is 38.9 Å². The summed E-state index contributed by atoms with van der Waals surface area (Å²) in [6, 6.07) is 13.1. The van der Waals surface area contributed by atoms with Crippen molar-refractivity contribution >= 4 is 33.5 Å². The summed E-state index contributed by atoms with van der Waals surface area (Å²) in [5, 5.41) is 10.6. The lowest BCUT2D eigenvalue weighted by molar-refractivity contribution is 0.386. The molecule has 0 amide bonds. The van der Waals surface area contributed by atoms with Crippen molar-refractivity contribution in [1.82, 2.24) is 14.1 Å². The molecule has 3 heterocycles. The van der Waals surface area contributed by atoms with Crippen LogP contribution in [0.1, 0.15) is 6.42 Å². The third kappa shape index (κ3) is 3.64. The number of hydrogen-bond acceptors (Lipinski definition) is 6. The lowest BCUT2D eigenvalue weighted by Crippen LogP contribution is -2.38. The molecule has 174 valence electrons. The Labute approximate surface area is 202 Å². The molecule has 10 heteroatoms. The van der Waals surface area contributed by atoms with Gasteiger partial charge in [0.05, 0.1) is 42.0 Å². The SMILES string of the molecule is COc1cc(-c2cc3c(o2)c(=O)n(-c2cncc4ccccc24)c(=O)n3CCC#N)c(Cl)cc1F. The number of ether oxygens (including phenoxy) is 1. The minimum Gasteiger partial charge on any atom is -0.494 e. The fourth-order valence-electron chi connectivity index (χ4n) is 4.02. The van der Waals surface area contributed by atoms with Gasteiger partial charge in [0.25, 0.3) is 0 Å². The van der Waals surface area contributed by atoms with E-state index < -0.39 is 17.1 Å². The zero-order valence-electron chi connectivity index (χ0n) is 18.3. The zero-order valence-corrected chi connectivity index (χ0v) is 19.0. The Kier molecular flexibility index (Phi) is 5.59. The Morgan fingerprint density at radius 2 is 2.00 bits per heavy atom. The smallest absolute Gasteiger partial charge is 0.336 e. The van der Waals surface area contributed by atoms with Gasteiger partial charge >= 0.3 is 11.2 Å². The highest BCUT2D eigenvalue weighted by atomic mass is 35.5. The lowest BCUT2D eigenvalue weighted by Gasteiger charge is -2.12. The van der Waals surface area contributed by atoms with Crippen molar-refractivity contribution in [3.8, 4) is 28.8 Å². The average Bonchev–Trinajstić information content (AvgIpc) is 3.29. The molecule has 8 nitrogen and oxygen atoms in total. The molecular weight excluding hydrogens is 475 g/mol. The molecule has 5 aromatic rings. The Morgan fingerprint density at radius 1 is 1.20 bits per heavy atom. The van der Waals surface area contributed by atoms with E-state index in [4.69, 9.17) is 26.0 Å². The number of benzene rings is 2. The molecule has 5 rings (SSSR count). The molecule has 0 saturated heterocycles. The molecule has 0 N–H and O–H groups in total. The number of halogens is 2. The van der Waals surface area contributed by atoms with Gasteiger partial charge in [0.2, 0.25) is 5.58 Å². The first-order valence-corrected chi connectivity index (χ1v) is 10.8. The molecule has 0 radical (unpaired) electrons. The second-order valence-electron chi connectivity index (χ2n) is 7.65. The van der Waals surface area contributed by atoms with Crippen molar-refractivity contribution in [2.75, 3.05) is 7.11 Å². The Balaban J connectivity index is 1.85. The minimum absolute atomic E-state index is 0.0176. The predicted octanol–water partition coefficient (Wildman–Crippen LogP) is 4.68. The van der Waals surface area contributed by atoms with Gasteiger partial charge in [-0.05, 0) is 12.1 Å². The van der Waals surface area contributed by atoms with Crippen molar-refractivity contribution in [3.63, 3.8) is 0 Å². The topological polar surface area (TPSA) is 103 Å². The van der Waals surface area contributed by atoms with E-state index in [-0.39, 0.29) is 51.8 Å². The van der Waals surface area contributed by atoms with Crippen molar-refractivity contribution in [2.45, 2.75) is 13.0 Å². The summed E-state index contributed by atoms with van der Waals surface area (Å²) >= 11 is 6.25. The monoisotopic (exact) mass is 490 g/mol. The lowest BCUT2D eigenvalue weighted by atomic mass is 10.1. The summed E-state index contributed by atoms with van der Waals surface area (Å²) in [6.45, 7) is 0.0176. The number of nitrogens with zero attached hydrogens (tertiary/aromatic N) is 4. The molecule has 0 atom stereocenters. The predicted molar refractivity (Wildman–Crippen MR) is 129 cm³/mol. The van der Waals surface area contributed by atoms with E-state index in [1.165, 1.54) is 30.0 Å². The van der Waals surface area contributed by atoms with Crippen LogP contribution in [0.2, 0.25) is 5.02 Å². The summed E-state index contributed by atoms with van der Waals surface area (Å²) in [5.41, 5.74) is -0.721. The van der Waals surface area contributed by atoms with E-state index in [9.17, 15) is 14.0 Å². The molecule has 3 aromatic heterocycles. The molecule has 0 spiro atoms. The molecular formula is C25H16ClFN4O4. The van der Waals surface area contributed by atoms with Gasteiger partial charge in [-0.15, -0.1) is 0 Å². The third-order valence-electron chi connectivity index (χ3n) is 5.67. The van der Waals surface area contributed by atoms with Crippen LogP contribution in [0.15, 0.2) is 68.9 Å². The van der Waals surface area contributed by atoms with Crippen molar-refractivity contribution in [3.05, 3.63) is 86.5 Å². The van der Waals surface area contributed by atoms with Crippen LogP contribution in [-0.4, -0.2) is 21.2 Å². The van der Waals surface area contributed by atoms with Gasteiger partial charge in [-0.25, -0.2) is 13.8 Å². The van der Waals surface area contributed by atoms with Crippen LogP contribution < -0.4 is 16.0 Å². The minimum atomic E-state index is -0.701. The number of pyridine rings is 1. The standard InChI is InChI=1S/C25H16ClFN4O4/c1-34-22-9-16(17(26)10-18(22)27)21-11-19-23(35-21)24(32)31(25(33)30(19)8-4-7-28)20-13-29-12-14-5-2-3-6-15(14)20/h2-3,5-6,9-13H,4,8H2,1H3. The van der Waals surface area contributed by atoms with Crippen LogP contribution in [0.5, 0.6) is 5.75 Å². The number of methoxy groups -OCH3 is 1. The molecule has 0 aliphatic rings. The molecule has 2 aromatic carbocycles. The van der Waals surface area contributed by atoms with E-state index in [0.29, 0.717) is 5.39 Å². The Morgan fingerprint density at radius 3 is 2.77 bits per heavy atom. The summed E-state index contributed by atoms with van der Waals surface area (Å²) in [6.07, 6.45) is 3.08. The number of hydrogen-bond donors (Lipinski definition) is 0. The molecule has 0 unspecified atom stereocenters. The van der Waals surface area contributed by atoms with Gasteiger partial charge in [-0.3, -0.25) is 14.3 Å². The highest BCUT2D eigenvalue weighted by Crippen LogP contribution is 2.36. The third-order valence-corrected chi connectivity index (χ3v) is 5.98. The van der Waals surface area contributed by atoms with Crippen molar-refractivity contribution in [2.24, 2.45) is 0 Å². The van der Waals surface area contributed by atoms with Gasteiger partial charge in [-0.1, -0.05) is 35.9 Å². The summed E-state index contributed by atoms with van der Waals surface area (Å²) in [5.74, 6) is -0.584. The van der Waals surface area contributed by atoms with E-state index in [2.05, 4.69) is 4.98 Å². The maximum Gasteiger partial charge on any atom is 0.336 e. The van der Waals surface area contributed by atoms with Crippen LogP contribution in [-0.2, 0) is 6.54 Å². The van der Waals surface area contributed by atoms with Crippen molar-refractivity contribution < 1.29 is 13.5 Å². The molecule has 0 fully saturated rings. The normalized spacial score (nSPS) is 11.1. The first kappa shape index (κ1) is 22.4. The number of aryl methyl sites for hydroxylation is 1. The van der Waals surface area contributed by atoms with E-state index in [1.54, 1.807) is 18.3 Å². The Bertz CT molecular complexity index is 1780. The maximum atomic E-state index is 14.1. The molecule has 0 bridgehead atoms. The number of furan rings is 1. The summed E-state index contributed by atoms with van der Waals surface area (Å²) in [4.78, 5) is 31.3. The van der Waals surface area contributed by atoms with Crippen LogP contribution in [0.4, 0.5) is 4.39 Å². The molecule has 35 heavy (non-hydrogen) atoms. The first-order valence-electron chi connectivity index (χ1n) is 10.5. The largest absolute Gasteiger partial charge is 0.494 e. The number of aromatic nitrogens is 3. The average molecular weight is 491 g/mol. The van der Waals surface area contributed by atoms with Crippen LogP contribution in [0.3, 0.4) is 0 Å². The van der Waals surface area contributed by atoms with Gasteiger partial charge in [0.1, 0.15) is 5.76 Å². The second kappa shape index (κ2) is 8.74. The summed E-state index contributed by atoms with van der Waals surface area (Å²) < 4.78 is 27.3. The fraction of sp³-hybridized carbons (Fsp3) is 0.120. The van der Waals surface area contributed by atoms with E-state index in [0.717, 1.165) is 16.0 Å². The van der Waals surface area contributed by atoms with Crippen LogP contribution in [0, 0.1) is 17.1 Å². The highest BCUT2D eigenvalue weighted by Gasteiger charge is 2.22. The van der Waals surface area contributed by atoms with Crippen LogP contribution >= 0.6 is 11.6 Å². The van der Waals surface area contributed by atoms with Gasteiger partial charge < -0.3 is 9.15 Å². The fourth-order valence-corrected chi connectivity index (χ4v) is 4.27. The quantitative estimate of drug-likeness (QED) is 0.354. The first-order chi connectivity index (χ1) is 16.9. The zero-order chi connectivity index (χ0) is 24.7. The van der Waals surface area contributed by atoms with Gasteiger partial charge in [0, 0.05) is 35.1 Å². The molecule has 0 aliphatic heterocycles. The number of fused-ring (bicyclic) bond motifs is 2. The van der Waals surface area contributed by atoms with E-state index in [1.807, 2.05) is 18.2 Å². The van der Waals surface area contributed by atoms with Crippen molar-refractivity contribution in [1.29, 1.82) is 5.26 Å². The Hall–Kier alpha value is -4.42. The highest BCUT2D eigenvalue weighted by molar-refractivity contribution is 6.33. The summed E-state index contributed by atoms with van der Waals surface area (Å²) in [7, 11) is 1.31. The van der Waals surface area contributed by atoms with Gasteiger partial charge in [-0.2, -0.15) is 5.26 Å². The van der Waals surface area contributed by atoms with Gasteiger partial charge in [0.15, 0.2) is 11.6 Å². The number of nitriles is 1. The molecule has 0 aliphatic carbocycles. The second-order valence-corrected chi connectivity index (χ2v) is 8.06. The maximum absolute atomic E-state index is 14.1. The molecule has 0 saturated carbocycles.